The molecule has 0 saturated carbocycles. The molecular formula is C33H40F6N6O6. The fraction of sp³-hybridized carbons (Fsp3) is 0.515. The maximum absolute atomic E-state index is 10.6. The molecule has 12 nitrogen and oxygen atoms in total. The first-order valence-corrected chi connectivity index (χ1v) is 16.3. The number of rotatable bonds is 7. The molecule has 0 aliphatic carbocycles. The maximum atomic E-state index is 10.6. The third-order valence-corrected chi connectivity index (χ3v) is 8.40. The molecule has 1 aromatic heterocycles. The van der Waals surface area contributed by atoms with Crippen LogP contribution in [-0.2, 0) is 22.6 Å². The van der Waals surface area contributed by atoms with Crippen molar-refractivity contribution in [2.75, 3.05) is 75.9 Å². The molecule has 4 heterocycles. The minimum absolute atomic E-state index is 0.515. The largest absolute Gasteiger partial charge is 0.497 e. The van der Waals surface area contributed by atoms with Crippen molar-refractivity contribution < 1.29 is 55.6 Å². The smallest absolute Gasteiger partial charge is 0.490 e. The van der Waals surface area contributed by atoms with Crippen LogP contribution in [0.5, 0.6) is 11.8 Å². The number of carbonyl (C=O) groups is 2. The van der Waals surface area contributed by atoms with Gasteiger partial charge >= 0.3 is 30.3 Å². The second kappa shape index (κ2) is 17.6. The van der Waals surface area contributed by atoms with Gasteiger partial charge in [-0.3, -0.25) is 4.90 Å². The average Bonchev–Trinajstić information content (AvgIpc) is 3.11. The first-order chi connectivity index (χ1) is 24.2. The van der Waals surface area contributed by atoms with Crippen molar-refractivity contribution in [2.24, 2.45) is 0 Å². The van der Waals surface area contributed by atoms with E-state index in [-0.39, 0.29) is 0 Å². The number of aliphatic carboxylic acids is 2. The van der Waals surface area contributed by atoms with Crippen molar-refractivity contribution in [3.8, 4) is 11.8 Å². The summed E-state index contributed by atoms with van der Waals surface area (Å²) in [5.74, 6) is -3.57. The van der Waals surface area contributed by atoms with Gasteiger partial charge in [0.2, 0.25) is 0 Å². The van der Waals surface area contributed by atoms with Crippen LogP contribution in [0.15, 0.2) is 36.4 Å². The number of piperidine rings is 1. The Bertz CT molecular complexity index is 1610. The Morgan fingerprint density at radius 3 is 2.10 bits per heavy atom. The molecule has 0 spiro atoms. The molecule has 2 saturated heterocycles. The zero-order chi connectivity index (χ0) is 37.2. The number of carboxylic acid groups (broad SMARTS) is 2. The zero-order valence-electron chi connectivity index (χ0n) is 27.9. The molecule has 3 aliphatic rings. The summed E-state index contributed by atoms with van der Waals surface area (Å²) in [6.45, 7) is 9.43. The van der Waals surface area contributed by atoms with Crippen LogP contribution in [0.1, 0.15) is 30.5 Å². The predicted octanol–water partition coefficient (Wildman–Crippen LogP) is 4.74. The number of ether oxygens (including phenoxy) is 2. The Labute approximate surface area is 289 Å². The van der Waals surface area contributed by atoms with Gasteiger partial charge in [0, 0.05) is 62.0 Å². The third-order valence-electron chi connectivity index (χ3n) is 8.40. The Morgan fingerprint density at radius 1 is 0.863 bits per heavy atom. The summed E-state index contributed by atoms with van der Waals surface area (Å²) in [6.07, 6.45) is -5.33. The summed E-state index contributed by atoms with van der Waals surface area (Å²) in [6, 6.07) is 13.3. The summed E-state index contributed by atoms with van der Waals surface area (Å²) in [5, 5.41) is 20.1. The number of hydrogen-bond donors (Lipinski definition) is 3. The quantitative estimate of drug-likeness (QED) is 0.290. The number of aromatic nitrogens is 2. The van der Waals surface area contributed by atoms with E-state index in [4.69, 9.17) is 39.2 Å². The van der Waals surface area contributed by atoms with Crippen LogP contribution < -0.4 is 24.6 Å². The first kappa shape index (κ1) is 39.2. The van der Waals surface area contributed by atoms with Crippen molar-refractivity contribution in [1.29, 1.82) is 0 Å². The van der Waals surface area contributed by atoms with E-state index in [0.717, 1.165) is 69.5 Å². The van der Waals surface area contributed by atoms with Crippen LogP contribution in [0.2, 0.25) is 0 Å². The average molecular weight is 731 g/mol. The normalized spacial score (nSPS) is 16.6. The van der Waals surface area contributed by atoms with Gasteiger partial charge in [0.15, 0.2) is 0 Å². The van der Waals surface area contributed by atoms with Crippen LogP contribution in [0.25, 0.3) is 10.8 Å². The van der Waals surface area contributed by atoms with Gasteiger partial charge in [0.05, 0.1) is 19.3 Å². The highest BCUT2D eigenvalue weighted by Gasteiger charge is 2.39. The number of alkyl halides is 6. The summed E-state index contributed by atoms with van der Waals surface area (Å²) in [7, 11) is 1.74. The highest BCUT2D eigenvalue weighted by molar-refractivity contribution is 5.95. The van der Waals surface area contributed by atoms with Crippen LogP contribution in [-0.4, -0.2) is 115 Å². The molecule has 2 aromatic carbocycles. The maximum Gasteiger partial charge on any atom is 0.490 e. The topological polar surface area (TPSA) is 141 Å². The second-order valence-electron chi connectivity index (χ2n) is 11.9. The van der Waals surface area contributed by atoms with Crippen LogP contribution in [0, 0.1) is 0 Å². The van der Waals surface area contributed by atoms with Crippen LogP contribution >= 0.6 is 0 Å². The van der Waals surface area contributed by atoms with E-state index in [9.17, 15) is 26.3 Å². The molecule has 0 atom stereocenters. The molecule has 2 fully saturated rings. The van der Waals surface area contributed by atoms with E-state index < -0.39 is 24.3 Å². The predicted molar refractivity (Wildman–Crippen MR) is 176 cm³/mol. The third kappa shape index (κ3) is 11.2. The molecule has 0 amide bonds. The number of nitrogens with zero attached hydrogens (tertiary/aromatic N) is 5. The summed E-state index contributed by atoms with van der Waals surface area (Å²) in [4.78, 5) is 35.1. The lowest BCUT2D eigenvalue weighted by molar-refractivity contribution is -0.193. The van der Waals surface area contributed by atoms with E-state index in [1.807, 2.05) is 0 Å². The van der Waals surface area contributed by atoms with E-state index in [2.05, 4.69) is 56.4 Å². The molecule has 0 unspecified atom stereocenters. The lowest BCUT2D eigenvalue weighted by Crippen LogP contribution is -2.45. The molecule has 3 aliphatic heterocycles. The van der Waals surface area contributed by atoms with Crippen LogP contribution in [0.3, 0.4) is 0 Å². The molecule has 18 heteroatoms. The van der Waals surface area contributed by atoms with Crippen molar-refractivity contribution in [2.45, 2.75) is 44.6 Å². The van der Waals surface area contributed by atoms with Crippen molar-refractivity contribution >= 4 is 34.2 Å². The molecular weight excluding hydrogens is 690 g/mol. The van der Waals surface area contributed by atoms with E-state index in [0.29, 0.717) is 12.6 Å². The standard InChI is InChI=1S/C29H38N6O2.2C2HF3O2/c1-36-23-19-22-7-3-4-8-24(22)27(20-23)35-14-9-25-26(21-35)31-29(32-28(25)34-15-10-30-11-16-34)37-18-17-33-12-5-2-6-13-33;2*3-2(4,5)1(6)7/h3-4,7-8,19-20,30H,2,5-6,9-18,21H2,1H3;2*(H,6,7). The number of halogens is 6. The van der Waals surface area contributed by atoms with E-state index >= 15 is 0 Å². The fourth-order valence-electron chi connectivity index (χ4n) is 5.89. The van der Waals surface area contributed by atoms with Gasteiger partial charge in [-0.1, -0.05) is 30.7 Å². The number of anilines is 2. The summed E-state index contributed by atoms with van der Waals surface area (Å²) in [5.41, 5.74) is 3.54. The lowest BCUT2D eigenvalue weighted by atomic mass is 10.0. The Hall–Kier alpha value is -4.58. The minimum Gasteiger partial charge on any atom is -0.497 e. The van der Waals surface area contributed by atoms with Gasteiger partial charge in [0.1, 0.15) is 18.2 Å². The van der Waals surface area contributed by atoms with Gasteiger partial charge in [-0.05, 0) is 43.8 Å². The van der Waals surface area contributed by atoms with Gasteiger partial charge in [-0.15, -0.1) is 0 Å². The van der Waals surface area contributed by atoms with Crippen LogP contribution in [0.4, 0.5) is 37.8 Å². The zero-order valence-corrected chi connectivity index (χ0v) is 27.9. The number of benzene rings is 2. The Morgan fingerprint density at radius 2 is 1.49 bits per heavy atom. The summed E-state index contributed by atoms with van der Waals surface area (Å²) >= 11 is 0. The van der Waals surface area contributed by atoms with Gasteiger partial charge < -0.3 is 34.8 Å². The van der Waals surface area contributed by atoms with Gasteiger partial charge in [0.25, 0.3) is 0 Å². The van der Waals surface area contributed by atoms with Crippen molar-refractivity contribution in [1.82, 2.24) is 20.2 Å². The Balaban J connectivity index is 0.000000353. The van der Waals surface area contributed by atoms with Gasteiger partial charge in [-0.25, -0.2) is 9.59 Å². The molecule has 0 radical (unpaired) electrons. The first-order valence-electron chi connectivity index (χ1n) is 16.3. The molecule has 0 bridgehead atoms. The van der Waals surface area contributed by atoms with E-state index in [1.165, 1.54) is 54.4 Å². The molecule has 280 valence electrons. The molecule has 51 heavy (non-hydrogen) atoms. The number of methoxy groups -OCH3 is 1. The number of carboxylic acids is 2. The highest BCUT2D eigenvalue weighted by atomic mass is 19.4. The highest BCUT2D eigenvalue weighted by Crippen LogP contribution is 2.36. The number of fused-ring (bicyclic) bond motifs is 2. The number of piperazine rings is 1. The number of nitrogens with one attached hydrogen (secondary N) is 1. The fourth-order valence-corrected chi connectivity index (χ4v) is 5.89. The number of likely N-dealkylation sites (tertiary alicyclic amines) is 1. The Kier molecular flexibility index (Phi) is 13.5. The number of hydrogen-bond acceptors (Lipinski definition) is 10. The molecule has 3 aromatic rings. The van der Waals surface area contributed by atoms with Crippen molar-refractivity contribution in [3.05, 3.63) is 47.7 Å². The monoisotopic (exact) mass is 730 g/mol. The second-order valence-corrected chi connectivity index (χ2v) is 11.9. The minimum atomic E-state index is -5.08. The molecule has 6 rings (SSSR count). The van der Waals surface area contributed by atoms with Gasteiger partial charge in [-0.2, -0.15) is 36.3 Å². The lowest BCUT2D eigenvalue weighted by Gasteiger charge is -2.35. The van der Waals surface area contributed by atoms with Crippen molar-refractivity contribution in [3.63, 3.8) is 0 Å². The van der Waals surface area contributed by atoms with E-state index in [1.54, 1.807) is 7.11 Å². The SMILES string of the molecule is COc1cc(N2CCc3c(nc(OCCN4CCCCC4)nc3N3CCNCC3)C2)c2ccccc2c1.O=C(O)C(F)(F)F.O=C(O)C(F)(F)F. The molecule has 3 N–H and O–H groups in total. The summed E-state index contributed by atoms with van der Waals surface area (Å²) < 4.78 is 75.3.